The molecule has 1 aromatic rings. The van der Waals surface area contributed by atoms with Crippen LogP contribution in [0.1, 0.15) is 29.6 Å². The zero-order chi connectivity index (χ0) is 13.4. The van der Waals surface area contributed by atoms with Gasteiger partial charge < -0.3 is 9.84 Å². The third-order valence-corrected chi connectivity index (χ3v) is 2.39. The SMILES string of the molecule is O=Cc1cc([N+](=O)[O-])ccc1OCCCCCO. The molecule has 0 bridgehead atoms. The van der Waals surface area contributed by atoms with Crippen molar-refractivity contribution in [2.24, 2.45) is 0 Å². The summed E-state index contributed by atoms with van der Waals surface area (Å²) in [5.41, 5.74) is 0.0380. The molecule has 0 heterocycles. The minimum absolute atomic E-state index is 0.135. The van der Waals surface area contributed by atoms with Gasteiger partial charge in [0.1, 0.15) is 5.75 Å². The van der Waals surface area contributed by atoms with E-state index in [0.29, 0.717) is 25.1 Å². The normalized spacial score (nSPS) is 10.1. The Morgan fingerprint density at radius 3 is 2.72 bits per heavy atom. The van der Waals surface area contributed by atoms with Gasteiger partial charge in [-0.05, 0) is 25.3 Å². The van der Waals surface area contributed by atoms with Gasteiger partial charge in [0, 0.05) is 18.7 Å². The van der Waals surface area contributed by atoms with Crippen LogP contribution in [0.5, 0.6) is 5.75 Å². The third kappa shape index (κ3) is 4.14. The molecule has 0 amide bonds. The van der Waals surface area contributed by atoms with Crippen molar-refractivity contribution in [3.8, 4) is 5.75 Å². The highest BCUT2D eigenvalue weighted by Crippen LogP contribution is 2.22. The molecular formula is C12H15NO5. The van der Waals surface area contributed by atoms with Gasteiger partial charge in [-0.2, -0.15) is 0 Å². The maximum atomic E-state index is 10.8. The van der Waals surface area contributed by atoms with Crippen LogP contribution in [0.3, 0.4) is 0 Å². The molecule has 0 spiro atoms. The quantitative estimate of drug-likeness (QED) is 0.331. The second-order valence-corrected chi connectivity index (χ2v) is 3.73. The number of aliphatic hydroxyl groups is 1. The van der Waals surface area contributed by atoms with Crippen molar-refractivity contribution in [1.82, 2.24) is 0 Å². The number of ether oxygens (including phenoxy) is 1. The summed E-state index contributed by atoms with van der Waals surface area (Å²) in [5.74, 6) is 0.347. The molecule has 0 radical (unpaired) electrons. The highest BCUT2D eigenvalue weighted by Gasteiger charge is 2.10. The number of benzene rings is 1. The van der Waals surface area contributed by atoms with E-state index in [1.165, 1.54) is 18.2 Å². The average molecular weight is 253 g/mol. The molecule has 0 aliphatic rings. The predicted molar refractivity (Wildman–Crippen MR) is 64.9 cm³/mol. The van der Waals surface area contributed by atoms with Gasteiger partial charge in [-0.3, -0.25) is 14.9 Å². The van der Waals surface area contributed by atoms with E-state index in [-0.39, 0.29) is 17.9 Å². The minimum atomic E-state index is -0.558. The number of aliphatic hydroxyl groups excluding tert-OH is 1. The first-order valence-electron chi connectivity index (χ1n) is 5.66. The molecule has 6 nitrogen and oxygen atoms in total. The Morgan fingerprint density at radius 1 is 1.33 bits per heavy atom. The summed E-state index contributed by atoms with van der Waals surface area (Å²) in [4.78, 5) is 20.8. The lowest BCUT2D eigenvalue weighted by molar-refractivity contribution is -0.384. The van der Waals surface area contributed by atoms with E-state index in [2.05, 4.69) is 0 Å². The molecular weight excluding hydrogens is 238 g/mol. The number of hydrogen-bond acceptors (Lipinski definition) is 5. The fourth-order valence-electron chi connectivity index (χ4n) is 1.45. The lowest BCUT2D eigenvalue weighted by Gasteiger charge is -2.07. The van der Waals surface area contributed by atoms with Gasteiger partial charge in [-0.25, -0.2) is 0 Å². The van der Waals surface area contributed by atoms with Crippen LogP contribution in [0, 0.1) is 10.1 Å². The van der Waals surface area contributed by atoms with Crippen molar-refractivity contribution in [1.29, 1.82) is 0 Å². The number of carbonyl (C=O) groups excluding carboxylic acids is 1. The molecule has 0 saturated heterocycles. The number of rotatable bonds is 8. The minimum Gasteiger partial charge on any atom is -0.493 e. The molecule has 0 aliphatic heterocycles. The van der Waals surface area contributed by atoms with Gasteiger partial charge in [-0.15, -0.1) is 0 Å². The number of nitrogens with zero attached hydrogens (tertiary/aromatic N) is 1. The van der Waals surface area contributed by atoms with Crippen LogP contribution in [-0.2, 0) is 0 Å². The zero-order valence-electron chi connectivity index (χ0n) is 9.87. The predicted octanol–water partition coefficient (Wildman–Crippen LogP) is 1.95. The summed E-state index contributed by atoms with van der Waals surface area (Å²) in [6.07, 6.45) is 2.84. The van der Waals surface area contributed by atoms with Gasteiger partial charge in [0.2, 0.25) is 0 Å². The average Bonchev–Trinajstić information content (AvgIpc) is 2.38. The second kappa shape index (κ2) is 7.39. The summed E-state index contributed by atoms with van der Waals surface area (Å²) < 4.78 is 5.37. The summed E-state index contributed by atoms with van der Waals surface area (Å²) in [6.45, 7) is 0.565. The smallest absolute Gasteiger partial charge is 0.270 e. The number of unbranched alkanes of at least 4 members (excludes halogenated alkanes) is 2. The number of aldehydes is 1. The number of hydrogen-bond donors (Lipinski definition) is 1. The molecule has 0 atom stereocenters. The topological polar surface area (TPSA) is 89.7 Å². The molecule has 1 rings (SSSR count). The highest BCUT2D eigenvalue weighted by atomic mass is 16.6. The number of nitro groups is 1. The van der Waals surface area contributed by atoms with Crippen molar-refractivity contribution >= 4 is 12.0 Å². The molecule has 18 heavy (non-hydrogen) atoms. The van der Waals surface area contributed by atoms with Crippen molar-refractivity contribution in [3.63, 3.8) is 0 Å². The Morgan fingerprint density at radius 2 is 2.11 bits per heavy atom. The van der Waals surface area contributed by atoms with Crippen molar-refractivity contribution in [2.45, 2.75) is 19.3 Å². The fourth-order valence-corrected chi connectivity index (χ4v) is 1.45. The first-order valence-corrected chi connectivity index (χ1v) is 5.66. The largest absolute Gasteiger partial charge is 0.493 e. The van der Waals surface area contributed by atoms with E-state index in [9.17, 15) is 14.9 Å². The first kappa shape index (κ1) is 14.1. The van der Waals surface area contributed by atoms with Crippen LogP contribution >= 0.6 is 0 Å². The molecule has 0 saturated carbocycles. The van der Waals surface area contributed by atoms with E-state index in [1.807, 2.05) is 0 Å². The lowest BCUT2D eigenvalue weighted by atomic mass is 10.2. The Balaban J connectivity index is 2.60. The van der Waals surface area contributed by atoms with Crippen molar-refractivity contribution in [3.05, 3.63) is 33.9 Å². The molecule has 0 aromatic heterocycles. The van der Waals surface area contributed by atoms with Crippen LogP contribution in [0.15, 0.2) is 18.2 Å². The monoisotopic (exact) mass is 253 g/mol. The molecule has 0 fully saturated rings. The molecule has 1 N–H and O–H groups in total. The van der Waals surface area contributed by atoms with Gasteiger partial charge >= 0.3 is 0 Å². The zero-order valence-corrected chi connectivity index (χ0v) is 9.87. The first-order chi connectivity index (χ1) is 8.69. The van der Waals surface area contributed by atoms with Gasteiger partial charge in [0.15, 0.2) is 6.29 Å². The van der Waals surface area contributed by atoms with Gasteiger partial charge in [-0.1, -0.05) is 0 Å². The Labute approximate surface area is 104 Å². The van der Waals surface area contributed by atoms with Crippen LogP contribution in [0.2, 0.25) is 0 Å². The number of carbonyl (C=O) groups is 1. The molecule has 1 aromatic carbocycles. The van der Waals surface area contributed by atoms with E-state index in [0.717, 1.165) is 12.8 Å². The standard InChI is InChI=1S/C12H15NO5/c14-6-2-1-3-7-18-12-5-4-11(13(16)17)8-10(12)9-15/h4-5,8-9,14H,1-3,6-7H2. The summed E-state index contributed by atoms with van der Waals surface area (Å²) in [7, 11) is 0. The van der Waals surface area contributed by atoms with Gasteiger partial charge in [0.05, 0.1) is 17.1 Å². The molecule has 98 valence electrons. The van der Waals surface area contributed by atoms with Crippen LogP contribution < -0.4 is 4.74 Å². The lowest BCUT2D eigenvalue weighted by Crippen LogP contribution is -2.01. The summed E-state index contributed by atoms with van der Waals surface area (Å²) >= 11 is 0. The fraction of sp³-hybridized carbons (Fsp3) is 0.417. The molecule has 0 unspecified atom stereocenters. The van der Waals surface area contributed by atoms with E-state index < -0.39 is 4.92 Å². The Hall–Kier alpha value is -1.95. The second-order valence-electron chi connectivity index (χ2n) is 3.73. The van der Waals surface area contributed by atoms with Gasteiger partial charge in [0.25, 0.3) is 5.69 Å². The molecule has 0 aliphatic carbocycles. The highest BCUT2D eigenvalue weighted by molar-refractivity contribution is 5.80. The maximum absolute atomic E-state index is 10.8. The number of nitro benzene ring substituents is 1. The maximum Gasteiger partial charge on any atom is 0.270 e. The van der Waals surface area contributed by atoms with E-state index >= 15 is 0 Å². The number of non-ortho nitro benzene ring substituents is 1. The van der Waals surface area contributed by atoms with Crippen molar-refractivity contribution in [2.75, 3.05) is 13.2 Å². The Bertz CT molecular complexity index is 419. The van der Waals surface area contributed by atoms with Crippen LogP contribution in [0.4, 0.5) is 5.69 Å². The third-order valence-electron chi connectivity index (χ3n) is 2.39. The molecule has 6 heteroatoms. The summed E-state index contributed by atoms with van der Waals surface area (Å²) in [6, 6.07) is 3.92. The van der Waals surface area contributed by atoms with E-state index in [1.54, 1.807) is 0 Å². The Kier molecular flexibility index (Phi) is 5.79. The van der Waals surface area contributed by atoms with Crippen LogP contribution in [-0.4, -0.2) is 29.5 Å². The van der Waals surface area contributed by atoms with Crippen LogP contribution in [0.25, 0.3) is 0 Å². The van der Waals surface area contributed by atoms with E-state index in [4.69, 9.17) is 9.84 Å². The summed E-state index contributed by atoms with van der Waals surface area (Å²) in [5, 5.41) is 19.1. The van der Waals surface area contributed by atoms with Crippen molar-refractivity contribution < 1.29 is 19.6 Å².